The normalized spacial score (nSPS) is 16.1. The van der Waals surface area contributed by atoms with Crippen molar-refractivity contribution in [2.75, 3.05) is 30.8 Å². The monoisotopic (exact) mass is 397 g/mol. The zero-order valence-electron chi connectivity index (χ0n) is 15.7. The van der Waals surface area contributed by atoms with Gasteiger partial charge in [-0.15, -0.1) is 11.8 Å². The van der Waals surface area contributed by atoms with Gasteiger partial charge in [0.05, 0.1) is 5.92 Å². The van der Waals surface area contributed by atoms with Gasteiger partial charge in [0, 0.05) is 42.2 Å². The van der Waals surface area contributed by atoms with Crippen molar-refractivity contribution in [3.63, 3.8) is 0 Å². The fourth-order valence-corrected chi connectivity index (χ4v) is 3.56. The van der Waals surface area contributed by atoms with Crippen LogP contribution in [0.1, 0.15) is 16.8 Å². The molecule has 6 nitrogen and oxygen atoms in total. The third-order valence-corrected chi connectivity index (χ3v) is 5.33. The van der Waals surface area contributed by atoms with E-state index in [1.54, 1.807) is 40.9 Å². The summed E-state index contributed by atoms with van der Waals surface area (Å²) in [5, 5.41) is 5.58. The molecule has 1 aliphatic rings. The van der Waals surface area contributed by atoms with Crippen LogP contribution >= 0.6 is 11.8 Å². The first-order valence-corrected chi connectivity index (χ1v) is 10.4. The molecule has 0 spiro atoms. The van der Waals surface area contributed by atoms with Gasteiger partial charge in [0.15, 0.2) is 0 Å². The van der Waals surface area contributed by atoms with Crippen LogP contribution in [0.15, 0.2) is 59.5 Å². The Kier molecular flexibility index (Phi) is 6.71. The molecule has 2 aromatic carbocycles. The van der Waals surface area contributed by atoms with Gasteiger partial charge >= 0.3 is 0 Å². The van der Waals surface area contributed by atoms with Gasteiger partial charge in [-0.1, -0.05) is 24.3 Å². The first kappa shape index (κ1) is 19.9. The number of hydrogen-bond donors (Lipinski definition) is 2. The van der Waals surface area contributed by atoms with Crippen molar-refractivity contribution in [3.8, 4) is 0 Å². The zero-order valence-corrected chi connectivity index (χ0v) is 16.5. The van der Waals surface area contributed by atoms with Crippen molar-refractivity contribution in [2.24, 2.45) is 5.92 Å². The fraction of sp³-hybridized carbons (Fsp3) is 0.286. The van der Waals surface area contributed by atoms with Crippen LogP contribution in [0.25, 0.3) is 0 Å². The minimum Gasteiger partial charge on any atom is -0.354 e. The Bertz CT molecular complexity index is 857. The molecular weight excluding hydrogens is 374 g/mol. The highest BCUT2D eigenvalue weighted by Gasteiger charge is 2.35. The predicted octanol–water partition coefficient (Wildman–Crippen LogP) is 2.31. The zero-order chi connectivity index (χ0) is 19.9. The molecule has 0 aromatic heterocycles. The summed E-state index contributed by atoms with van der Waals surface area (Å²) in [4.78, 5) is 39.5. The summed E-state index contributed by atoms with van der Waals surface area (Å²) in [5.41, 5.74) is 1.40. The van der Waals surface area contributed by atoms with Crippen molar-refractivity contribution < 1.29 is 14.4 Å². The van der Waals surface area contributed by atoms with Gasteiger partial charge in [-0.05, 0) is 36.6 Å². The van der Waals surface area contributed by atoms with Crippen LogP contribution in [0.3, 0.4) is 0 Å². The van der Waals surface area contributed by atoms with Crippen molar-refractivity contribution in [1.29, 1.82) is 0 Å². The Morgan fingerprint density at radius 2 is 1.82 bits per heavy atom. The third-order valence-electron chi connectivity index (χ3n) is 4.61. The molecule has 0 aliphatic carbocycles. The second-order valence-corrected chi connectivity index (χ2v) is 7.40. The van der Waals surface area contributed by atoms with Crippen LogP contribution in [0.5, 0.6) is 0 Å². The van der Waals surface area contributed by atoms with Gasteiger partial charge in [0.2, 0.25) is 11.8 Å². The first-order chi connectivity index (χ1) is 13.6. The van der Waals surface area contributed by atoms with Crippen molar-refractivity contribution in [2.45, 2.75) is 11.3 Å². The highest BCUT2D eigenvalue weighted by atomic mass is 32.2. The van der Waals surface area contributed by atoms with E-state index in [0.717, 1.165) is 10.6 Å². The molecule has 0 radical (unpaired) electrons. The molecule has 1 unspecified atom stereocenters. The van der Waals surface area contributed by atoms with E-state index in [0.29, 0.717) is 25.2 Å². The molecule has 146 valence electrons. The van der Waals surface area contributed by atoms with Crippen LogP contribution in [0.4, 0.5) is 5.69 Å². The smallest absolute Gasteiger partial charge is 0.251 e. The summed E-state index contributed by atoms with van der Waals surface area (Å²) in [6.07, 6.45) is 2.18. The lowest BCUT2D eigenvalue weighted by atomic mass is 10.1. The molecule has 1 fully saturated rings. The molecule has 7 heteroatoms. The van der Waals surface area contributed by atoms with Gasteiger partial charge in [0.1, 0.15) is 0 Å². The number of nitrogens with zero attached hydrogens (tertiary/aromatic N) is 1. The highest BCUT2D eigenvalue weighted by Crippen LogP contribution is 2.28. The number of thioether (sulfide) groups is 1. The molecule has 1 saturated heterocycles. The minimum absolute atomic E-state index is 0.0456. The Balaban J connectivity index is 1.46. The highest BCUT2D eigenvalue weighted by molar-refractivity contribution is 7.98. The van der Waals surface area contributed by atoms with E-state index in [1.807, 2.05) is 36.6 Å². The topological polar surface area (TPSA) is 78.5 Å². The van der Waals surface area contributed by atoms with E-state index in [2.05, 4.69) is 10.6 Å². The summed E-state index contributed by atoms with van der Waals surface area (Å²) >= 11 is 1.61. The Hall–Kier alpha value is -2.80. The Morgan fingerprint density at radius 1 is 1.07 bits per heavy atom. The van der Waals surface area contributed by atoms with E-state index < -0.39 is 0 Å². The summed E-state index contributed by atoms with van der Waals surface area (Å²) < 4.78 is 0. The molecule has 2 aromatic rings. The lowest BCUT2D eigenvalue weighted by Gasteiger charge is -2.17. The maximum Gasteiger partial charge on any atom is 0.251 e. The van der Waals surface area contributed by atoms with Gasteiger partial charge < -0.3 is 15.5 Å². The molecule has 0 saturated carbocycles. The minimum atomic E-state index is -0.379. The molecule has 3 amide bonds. The molecule has 1 aliphatic heterocycles. The molecule has 3 rings (SSSR count). The molecule has 28 heavy (non-hydrogen) atoms. The van der Waals surface area contributed by atoms with Crippen molar-refractivity contribution in [3.05, 3.63) is 60.2 Å². The molecule has 1 atom stereocenters. The second kappa shape index (κ2) is 9.41. The average molecular weight is 398 g/mol. The van der Waals surface area contributed by atoms with E-state index in [1.165, 1.54) is 0 Å². The SMILES string of the molecule is CSc1cccc(N2CC(C(=O)NCCNC(=O)c3ccccc3)CC2=O)c1. The standard InChI is InChI=1S/C21H23N3O3S/c1-28-18-9-5-8-17(13-18)24-14-16(12-19(24)25)21(27)23-11-10-22-20(26)15-6-3-2-4-7-15/h2-9,13,16H,10-12,14H2,1H3,(H,22,26)(H,23,27). The number of benzene rings is 2. The molecule has 0 bridgehead atoms. The third kappa shape index (κ3) is 4.92. The van der Waals surface area contributed by atoms with Crippen LogP contribution in [0, 0.1) is 5.92 Å². The van der Waals surface area contributed by atoms with Crippen LogP contribution in [-0.2, 0) is 9.59 Å². The fourth-order valence-electron chi connectivity index (χ4n) is 3.11. The van der Waals surface area contributed by atoms with Gasteiger partial charge in [0.25, 0.3) is 5.91 Å². The summed E-state index contributed by atoms with van der Waals surface area (Å²) in [6.45, 7) is 1.03. The largest absolute Gasteiger partial charge is 0.354 e. The second-order valence-electron chi connectivity index (χ2n) is 6.52. The van der Waals surface area contributed by atoms with Gasteiger partial charge in [-0.2, -0.15) is 0 Å². The van der Waals surface area contributed by atoms with Gasteiger partial charge in [-0.25, -0.2) is 0 Å². The van der Waals surface area contributed by atoms with E-state index in [4.69, 9.17) is 0 Å². The number of rotatable bonds is 7. The number of nitrogens with one attached hydrogen (secondary N) is 2. The Morgan fingerprint density at radius 3 is 2.57 bits per heavy atom. The predicted molar refractivity (Wildman–Crippen MR) is 110 cm³/mol. The van der Waals surface area contributed by atoms with Crippen LogP contribution < -0.4 is 15.5 Å². The Labute approximate surface area is 168 Å². The van der Waals surface area contributed by atoms with Gasteiger partial charge in [-0.3, -0.25) is 14.4 Å². The number of anilines is 1. The summed E-state index contributed by atoms with van der Waals surface area (Å²) in [7, 11) is 0. The molecular formula is C21H23N3O3S. The first-order valence-electron chi connectivity index (χ1n) is 9.14. The number of hydrogen-bond acceptors (Lipinski definition) is 4. The van der Waals surface area contributed by atoms with E-state index in [-0.39, 0.29) is 30.1 Å². The number of carbonyl (C=O) groups excluding carboxylic acids is 3. The van der Waals surface area contributed by atoms with Crippen molar-refractivity contribution >= 4 is 35.2 Å². The lowest BCUT2D eigenvalue weighted by molar-refractivity contribution is -0.126. The summed E-state index contributed by atoms with van der Waals surface area (Å²) in [5.74, 6) is -0.761. The average Bonchev–Trinajstić information content (AvgIpc) is 3.13. The number of carbonyl (C=O) groups is 3. The lowest BCUT2D eigenvalue weighted by Crippen LogP contribution is -2.38. The quantitative estimate of drug-likeness (QED) is 0.555. The maximum absolute atomic E-state index is 12.4. The van der Waals surface area contributed by atoms with E-state index >= 15 is 0 Å². The number of amides is 3. The summed E-state index contributed by atoms with van der Waals surface area (Å²) in [6, 6.07) is 16.7. The molecule has 2 N–H and O–H groups in total. The van der Waals surface area contributed by atoms with Crippen LogP contribution in [0.2, 0.25) is 0 Å². The van der Waals surface area contributed by atoms with E-state index in [9.17, 15) is 14.4 Å². The van der Waals surface area contributed by atoms with Crippen LogP contribution in [-0.4, -0.2) is 43.6 Å². The molecule has 1 heterocycles. The van der Waals surface area contributed by atoms with Crippen molar-refractivity contribution in [1.82, 2.24) is 10.6 Å². The maximum atomic E-state index is 12.4.